The van der Waals surface area contributed by atoms with Crippen LogP contribution in [-0.2, 0) is 23.9 Å². The average molecular weight is 626 g/mol. The maximum atomic E-state index is 14.6. The molecular weight excluding hydrogens is 562 g/mol. The fourth-order valence-electron chi connectivity index (χ4n) is 13.1. The predicted molar refractivity (Wildman–Crippen MR) is 178 cm³/mol. The minimum Gasteiger partial charge on any atom is -0.467 e. The van der Waals surface area contributed by atoms with Crippen molar-refractivity contribution >= 4 is 17.8 Å². The van der Waals surface area contributed by atoms with Crippen LogP contribution in [0.2, 0.25) is 0 Å². The fourth-order valence-corrected chi connectivity index (χ4v) is 13.1. The first-order valence-electron chi connectivity index (χ1n) is 18.1. The van der Waals surface area contributed by atoms with Gasteiger partial charge in [-0.2, -0.15) is 0 Å². The number of ether oxygens (including phenoxy) is 2. The van der Waals surface area contributed by atoms with Crippen LogP contribution in [0.4, 0.5) is 0 Å². The van der Waals surface area contributed by atoms with Crippen LogP contribution in [0.3, 0.4) is 0 Å². The van der Waals surface area contributed by atoms with Crippen LogP contribution in [0.1, 0.15) is 133 Å². The molecule has 5 aliphatic rings. The molecule has 1 N–H and O–H groups in total. The van der Waals surface area contributed by atoms with Gasteiger partial charge in [-0.25, -0.2) is 4.79 Å². The van der Waals surface area contributed by atoms with Gasteiger partial charge in [0.05, 0.1) is 12.5 Å². The Morgan fingerprint density at radius 1 is 0.844 bits per heavy atom. The Bertz CT molecular complexity index is 1210. The lowest BCUT2D eigenvalue weighted by molar-refractivity contribution is -0.248. The number of methoxy groups -OCH3 is 1. The minimum atomic E-state index is -0.608. The highest BCUT2D eigenvalue weighted by molar-refractivity contribution is 5.88. The number of carbonyl (C=O) groups is 3. The van der Waals surface area contributed by atoms with Crippen molar-refractivity contribution < 1.29 is 23.9 Å². The van der Waals surface area contributed by atoms with Crippen molar-refractivity contribution in [1.29, 1.82) is 0 Å². The Kier molecular flexibility index (Phi) is 8.96. The van der Waals surface area contributed by atoms with E-state index in [0.29, 0.717) is 30.1 Å². The van der Waals surface area contributed by atoms with Gasteiger partial charge in [-0.05, 0) is 129 Å². The molecule has 0 spiro atoms. The van der Waals surface area contributed by atoms with Crippen molar-refractivity contribution in [2.75, 3.05) is 7.11 Å². The SMILES string of the molecule is C=C(C)[C@@H]1CC[C@]2(C(=O)NC(CC(C)C)C(=O)OC)CC[C@]3(C)[C@H](CCC4[C@@]5(C)CC[C@H](OC(C)=O)C(C)(C)[C@@H]5CC[C@]43C)[C@@H]12. The van der Waals surface area contributed by atoms with Crippen molar-refractivity contribution in [2.45, 2.75) is 145 Å². The van der Waals surface area contributed by atoms with Gasteiger partial charge in [-0.1, -0.05) is 60.6 Å². The molecule has 2 unspecified atom stereocenters. The number of amides is 1. The Morgan fingerprint density at radius 2 is 1.53 bits per heavy atom. The Labute approximate surface area is 273 Å². The van der Waals surface area contributed by atoms with Crippen molar-refractivity contribution in [3.63, 3.8) is 0 Å². The van der Waals surface area contributed by atoms with Gasteiger partial charge in [0, 0.05) is 12.3 Å². The molecule has 11 atom stereocenters. The summed E-state index contributed by atoms with van der Waals surface area (Å²) in [7, 11) is 1.42. The molecule has 0 aromatic carbocycles. The lowest BCUT2D eigenvalue weighted by Gasteiger charge is -2.72. The summed E-state index contributed by atoms with van der Waals surface area (Å²) in [5, 5.41) is 3.26. The zero-order valence-electron chi connectivity index (χ0n) is 30.1. The molecule has 5 fully saturated rings. The molecule has 5 rings (SSSR count). The fraction of sp³-hybridized carbons (Fsp3) is 0.872. The summed E-state index contributed by atoms with van der Waals surface area (Å²) in [6, 6.07) is -0.608. The second kappa shape index (κ2) is 11.7. The molecule has 0 aromatic rings. The number of esters is 2. The predicted octanol–water partition coefficient (Wildman–Crippen LogP) is 8.28. The first-order chi connectivity index (χ1) is 20.9. The molecule has 0 aromatic heterocycles. The normalized spacial score (nSPS) is 44.0. The van der Waals surface area contributed by atoms with Crippen molar-refractivity contribution in [3.8, 4) is 0 Å². The molecule has 6 heteroatoms. The number of rotatable bonds is 7. The molecule has 0 radical (unpaired) electrons. The highest BCUT2D eigenvalue weighted by atomic mass is 16.5. The van der Waals surface area contributed by atoms with Gasteiger partial charge < -0.3 is 14.8 Å². The lowest BCUT2D eigenvalue weighted by Crippen LogP contribution is -2.67. The summed E-state index contributed by atoms with van der Waals surface area (Å²) >= 11 is 0. The minimum absolute atomic E-state index is 0.0162. The van der Waals surface area contributed by atoms with E-state index in [-0.39, 0.29) is 57.4 Å². The molecule has 0 bridgehead atoms. The number of nitrogens with one attached hydrogen (secondary N) is 1. The maximum absolute atomic E-state index is 14.6. The Hall–Kier alpha value is -1.85. The second-order valence-corrected chi connectivity index (χ2v) is 18.0. The highest BCUT2D eigenvalue weighted by Gasteiger charge is 2.72. The summed E-state index contributed by atoms with van der Waals surface area (Å²) in [5.74, 6) is 1.96. The van der Waals surface area contributed by atoms with Gasteiger partial charge in [0.15, 0.2) is 0 Å². The maximum Gasteiger partial charge on any atom is 0.328 e. The number of carbonyl (C=O) groups excluding carboxylic acids is 3. The molecule has 45 heavy (non-hydrogen) atoms. The summed E-state index contributed by atoms with van der Waals surface area (Å²) in [6.07, 6.45) is 11.1. The molecule has 0 aliphatic heterocycles. The number of fused-ring (bicyclic) bond motifs is 7. The van der Waals surface area contributed by atoms with Gasteiger partial charge in [0.2, 0.25) is 5.91 Å². The summed E-state index contributed by atoms with van der Waals surface area (Å²) in [4.78, 5) is 39.4. The van der Waals surface area contributed by atoms with E-state index >= 15 is 0 Å². The first-order valence-corrected chi connectivity index (χ1v) is 18.1. The van der Waals surface area contributed by atoms with Crippen LogP contribution in [0.15, 0.2) is 12.2 Å². The largest absolute Gasteiger partial charge is 0.467 e. The van der Waals surface area contributed by atoms with E-state index in [1.54, 1.807) is 6.92 Å². The molecule has 5 aliphatic carbocycles. The van der Waals surface area contributed by atoms with Crippen LogP contribution in [0.5, 0.6) is 0 Å². The zero-order valence-corrected chi connectivity index (χ0v) is 30.1. The van der Waals surface area contributed by atoms with E-state index in [1.165, 1.54) is 25.5 Å². The lowest BCUT2D eigenvalue weighted by atomic mass is 9.32. The van der Waals surface area contributed by atoms with Crippen LogP contribution in [0, 0.1) is 62.6 Å². The quantitative estimate of drug-likeness (QED) is 0.227. The molecular formula is C39H63NO5. The molecule has 0 heterocycles. The van der Waals surface area contributed by atoms with Gasteiger partial charge in [0.1, 0.15) is 12.1 Å². The standard InChI is InChI=1S/C39H63NO5/c1-23(2)22-28(33(42)44-11)40-34(43)39-19-14-26(24(3)4)32(39)27-12-13-30-36(8)17-16-31(45-25(5)41)35(6,7)29(36)15-18-38(30,10)37(27,9)20-21-39/h23,26-32H,3,12-22H2,1-2,4-11H3,(H,40,43)/t26-,27+,28?,29-,30?,31-,32+,36-,37+,38+,39-/m0/s1. The van der Waals surface area contributed by atoms with E-state index in [9.17, 15) is 14.4 Å². The second-order valence-electron chi connectivity index (χ2n) is 18.0. The van der Waals surface area contributed by atoms with E-state index < -0.39 is 11.5 Å². The molecule has 6 nitrogen and oxygen atoms in total. The average Bonchev–Trinajstić information content (AvgIpc) is 3.35. The number of hydrogen-bond donors (Lipinski definition) is 1. The van der Waals surface area contributed by atoms with E-state index in [4.69, 9.17) is 9.47 Å². The third-order valence-corrected chi connectivity index (χ3v) is 15.3. The number of allylic oxidation sites excluding steroid dienone is 1. The molecule has 1 amide bonds. The topological polar surface area (TPSA) is 81.7 Å². The third-order valence-electron chi connectivity index (χ3n) is 15.3. The smallest absolute Gasteiger partial charge is 0.328 e. The van der Waals surface area contributed by atoms with Crippen LogP contribution < -0.4 is 5.32 Å². The first kappa shape index (κ1) is 34.5. The Morgan fingerprint density at radius 3 is 2.13 bits per heavy atom. The van der Waals surface area contributed by atoms with Gasteiger partial charge in [0.25, 0.3) is 0 Å². The van der Waals surface area contributed by atoms with Crippen LogP contribution >= 0.6 is 0 Å². The van der Waals surface area contributed by atoms with Gasteiger partial charge in [-0.3, -0.25) is 9.59 Å². The van der Waals surface area contributed by atoms with Gasteiger partial charge in [-0.15, -0.1) is 0 Å². The molecule has 5 saturated carbocycles. The van der Waals surface area contributed by atoms with Crippen molar-refractivity contribution in [2.24, 2.45) is 62.6 Å². The number of hydrogen-bond acceptors (Lipinski definition) is 5. The van der Waals surface area contributed by atoms with Crippen molar-refractivity contribution in [1.82, 2.24) is 5.32 Å². The van der Waals surface area contributed by atoms with Gasteiger partial charge >= 0.3 is 11.9 Å². The monoisotopic (exact) mass is 625 g/mol. The molecule has 0 saturated heterocycles. The van der Waals surface area contributed by atoms with E-state index in [2.05, 4.69) is 67.3 Å². The van der Waals surface area contributed by atoms with E-state index in [0.717, 1.165) is 51.4 Å². The van der Waals surface area contributed by atoms with Crippen molar-refractivity contribution in [3.05, 3.63) is 12.2 Å². The Balaban J connectivity index is 1.49. The van der Waals surface area contributed by atoms with E-state index in [1.807, 2.05) is 0 Å². The third kappa shape index (κ3) is 5.12. The van der Waals surface area contributed by atoms with Crippen LogP contribution in [-0.4, -0.2) is 37.1 Å². The summed E-state index contributed by atoms with van der Waals surface area (Å²) < 4.78 is 11.1. The van der Waals surface area contributed by atoms with Crippen LogP contribution in [0.25, 0.3) is 0 Å². The molecule has 254 valence electrons. The zero-order chi connectivity index (χ0) is 33.3. The summed E-state index contributed by atoms with van der Waals surface area (Å²) in [5.41, 5.74) is 1.17. The summed E-state index contributed by atoms with van der Waals surface area (Å²) in [6.45, 7) is 24.9. The highest BCUT2D eigenvalue weighted by Crippen LogP contribution is 2.77.